The molecule has 2 aliphatic heterocycles. The Bertz CT molecular complexity index is 927. The molecule has 0 aromatic heterocycles. The third-order valence-electron chi connectivity index (χ3n) is 8.69. The van der Waals surface area contributed by atoms with Crippen LogP contribution in [0.1, 0.15) is 49.7 Å². The summed E-state index contributed by atoms with van der Waals surface area (Å²) in [5.74, 6) is 0.606. The number of carbonyl (C=O) groups is 2. The van der Waals surface area contributed by atoms with Crippen LogP contribution in [0.15, 0.2) is 60.7 Å². The van der Waals surface area contributed by atoms with Crippen LogP contribution in [-0.4, -0.2) is 97.0 Å². The molecule has 0 spiro atoms. The molecule has 206 valence electrons. The van der Waals surface area contributed by atoms with Crippen LogP contribution in [0.3, 0.4) is 0 Å². The second kappa shape index (κ2) is 13.4. The number of hydrogen-bond donors (Lipinski definition) is 0. The van der Waals surface area contributed by atoms with E-state index in [0.29, 0.717) is 24.7 Å². The van der Waals surface area contributed by atoms with Crippen LogP contribution < -0.4 is 0 Å². The summed E-state index contributed by atoms with van der Waals surface area (Å²) in [5, 5.41) is 0. The van der Waals surface area contributed by atoms with Gasteiger partial charge in [-0.25, -0.2) is 0 Å². The van der Waals surface area contributed by atoms with E-state index in [0.717, 1.165) is 100 Å². The number of hydrogen-bond acceptors (Lipinski definition) is 2. The van der Waals surface area contributed by atoms with Gasteiger partial charge >= 0.3 is 0 Å². The molecule has 38 heavy (non-hydrogen) atoms. The number of benzene rings is 2. The summed E-state index contributed by atoms with van der Waals surface area (Å²) in [7, 11) is 4.62. The first-order valence-electron chi connectivity index (χ1n) is 14.6. The highest BCUT2D eigenvalue weighted by atomic mass is 16.2. The zero-order valence-electron chi connectivity index (χ0n) is 23.7. The molecule has 0 atom stereocenters. The summed E-state index contributed by atoms with van der Waals surface area (Å²) in [6.45, 7) is 9.56. The lowest BCUT2D eigenvalue weighted by Crippen LogP contribution is -2.57. The first-order valence-corrected chi connectivity index (χ1v) is 14.6. The molecule has 0 bridgehead atoms. The van der Waals surface area contributed by atoms with Crippen LogP contribution in [0.4, 0.5) is 0 Å². The highest BCUT2D eigenvalue weighted by molar-refractivity contribution is 5.76. The standard InChI is InChI=1S/C32H48N4O2/c1-35(27-29-13-7-5-8-14-29)23-19-33(20-24-35)31(37)17-11-3-4-12-18-32(38)34-21-25-36(2,26-22-34)28-30-15-9-6-10-16-30/h5-10,13-16H,3-4,11-12,17-28H2,1-2H3/q+2. The summed E-state index contributed by atoms with van der Waals surface area (Å²) in [6.07, 6.45) is 5.19. The molecule has 0 radical (unpaired) electrons. The minimum atomic E-state index is 0.303. The van der Waals surface area contributed by atoms with Gasteiger partial charge in [0, 0.05) is 24.0 Å². The molecule has 4 rings (SSSR count). The predicted octanol–water partition coefficient (Wildman–Crippen LogP) is 4.31. The minimum Gasteiger partial charge on any atom is -0.331 e. The average molecular weight is 521 g/mol. The van der Waals surface area contributed by atoms with Gasteiger partial charge < -0.3 is 18.8 Å². The molecule has 2 amide bonds. The van der Waals surface area contributed by atoms with Gasteiger partial charge in [-0.2, -0.15) is 0 Å². The first kappa shape index (κ1) is 28.3. The average Bonchev–Trinajstić information content (AvgIpc) is 2.92. The van der Waals surface area contributed by atoms with Crippen molar-refractivity contribution >= 4 is 11.8 Å². The number of likely N-dealkylation sites (N-methyl/N-ethyl adjacent to an activating group) is 2. The molecule has 6 nitrogen and oxygen atoms in total. The topological polar surface area (TPSA) is 40.6 Å². The highest BCUT2D eigenvalue weighted by Gasteiger charge is 2.32. The lowest BCUT2D eigenvalue weighted by Gasteiger charge is -2.42. The van der Waals surface area contributed by atoms with Crippen LogP contribution in [0.5, 0.6) is 0 Å². The van der Waals surface area contributed by atoms with E-state index in [1.54, 1.807) is 0 Å². The largest absolute Gasteiger partial charge is 0.331 e. The Kier molecular flexibility index (Phi) is 9.97. The fourth-order valence-electron chi connectivity index (χ4n) is 5.98. The van der Waals surface area contributed by atoms with Crippen molar-refractivity contribution in [2.45, 2.75) is 51.6 Å². The molecule has 2 saturated heterocycles. The predicted molar refractivity (Wildman–Crippen MR) is 153 cm³/mol. The number of piperazine rings is 2. The number of unbranched alkanes of at least 4 members (excludes halogenated alkanes) is 3. The van der Waals surface area contributed by atoms with Crippen LogP contribution in [-0.2, 0) is 22.7 Å². The first-order chi connectivity index (χ1) is 18.3. The van der Waals surface area contributed by atoms with Gasteiger partial charge in [-0.15, -0.1) is 0 Å². The van der Waals surface area contributed by atoms with Gasteiger partial charge in [0.1, 0.15) is 13.1 Å². The Hall–Kier alpha value is -2.70. The number of amides is 2. The molecule has 2 aliphatic rings. The Labute approximate surface area is 230 Å². The highest BCUT2D eigenvalue weighted by Crippen LogP contribution is 2.19. The molecule has 0 saturated carbocycles. The zero-order valence-corrected chi connectivity index (χ0v) is 23.7. The maximum atomic E-state index is 12.7. The molecular formula is C32H48N4O2+2. The quantitative estimate of drug-likeness (QED) is 0.327. The maximum Gasteiger partial charge on any atom is 0.222 e. The minimum absolute atomic E-state index is 0.303. The van der Waals surface area contributed by atoms with Crippen molar-refractivity contribution in [3.8, 4) is 0 Å². The molecule has 0 N–H and O–H groups in total. The number of quaternary nitrogens is 2. The SMILES string of the molecule is C[N+]1(Cc2ccccc2)CCN(C(=O)CCCCCCC(=O)N2CC[N+](C)(Cc3ccccc3)CC2)CC1. The smallest absolute Gasteiger partial charge is 0.222 e. The second-order valence-corrected chi connectivity index (χ2v) is 12.1. The summed E-state index contributed by atoms with van der Waals surface area (Å²) in [4.78, 5) is 29.6. The molecule has 0 unspecified atom stereocenters. The van der Waals surface area contributed by atoms with Gasteiger partial charge in [-0.05, 0) is 12.8 Å². The summed E-state index contributed by atoms with van der Waals surface area (Å²) >= 11 is 0. The van der Waals surface area contributed by atoms with E-state index >= 15 is 0 Å². The number of carbonyl (C=O) groups excluding carboxylic acids is 2. The Balaban J connectivity index is 1.05. The Morgan fingerprint density at radius 2 is 0.921 bits per heavy atom. The van der Waals surface area contributed by atoms with E-state index in [1.165, 1.54) is 11.1 Å². The van der Waals surface area contributed by atoms with Gasteiger partial charge in [0.25, 0.3) is 0 Å². The fraction of sp³-hybridized carbons (Fsp3) is 0.562. The lowest BCUT2D eigenvalue weighted by molar-refractivity contribution is -0.926. The number of rotatable bonds is 11. The van der Waals surface area contributed by atoms with Crippen molar-refractivity contribution in [3.05, 3.63) is 71.8 Å². The van der Waals surface area contributed by atoms with Crippen LogP contribution >= 0.6 is 0 Å². The van der Waals surface area contributed by atoms with Crippen LogP contribution in [0.25, 0.3) is 0 Å². The summed E-state index contributed by atoms with van der Waals surface area (Å²) < 4.78 is 2.01. The zero-order chi connectivity index (χ0) is 26.8. The molecular weight excluding hydrogens is 472 g/mol. The van der Waals surface area contributed by atoms with Crippen molar-refractivity contribution < 1.29 is 18.6 Å². The third-order valence-corrected chi connectivity index (χ3v) is 8.69. The number of nitrogens with zero attached hydrogens (tertiary/aromatic N) is 4. The molecule has 2 aromatic rings. The Morgan fingerprint density at radius 1 is 0.579 bits per heavy atom. The summed E-state index contributed by atoms with van der Waals surface area (Å²) in [6, 6.07) is 21.3. The van der Waals surface area contributed by atoms with E-state index in [9.17, 15) is 9.59 Å². The third kappa shape index (κ3) is 8.40. The van der Waals surface area contributed by atoms with E-state index in [2.05, 4.69) is 84.6 Å². The van der Waals surface area contributed by atoms with E-state index < -0.39 is 0 Å². The van der Waals surface area contributed by atoms with E-state index in [4.69, 9.17) is 0 Å². The maximum absolute atomic E-state index is 12.7. The Morgan fingerprint density at radius 3 is 1.26 bits per heavy atom. The van der Waals surface area contributed by atoms with Crippen molar-refractivity contribution in [1.29, 1.82) is 0 Å². The van der Waals surface area contributed by atoms with E-state index in [1.807, 2.05) is 0 Å². The normalized spacial score (nSPS) is 18.8. The summed E-state index contributed by atoms with van der Waals surface area (Å²) in [5.41, 5.74) is 2.74. The van der Waals surface area contributed by atoms with Gasteiger partial charge in [0.15, 0.2) is 0 Å². The fourth-order valence-corrected chi connectivity index (χ4v) is 5.98. The molecule has 0 aliphatic carbocycles. The molecule has 2 fully saturated rings. The van der Waals surface area contributed by atoms with Gasteiger partial charge in [-0.3, -0.25) is 9.59 Å². The van der Waals surface area contributed by atoms with Crippen molar-refractivity contribution in [1.82, 2.24) is 9.80 Å². The van der Waals surface area contributed by atoms with Gasteiger partial charge in [0.05, 0.1) is 66.5 Å². The molecule has 2 heterocycles. The molecule has 6 heteroatoms. The van der Waals surface area contributed by atoms with Gasteiger partial charge in [0.2, 0.25) is 11.8 Å². The van der Waals surface area contributed by atoms with Crippen molar-refractivity contribution in [2.24, 2.45) is 0 Å². The van der Waals surface area contributed by atoms with Crippen LogP contribution in [0, 0.1) is 0 Å². The lowest BCUT2D eigenvalue weighted by atomic mass is 10.1. The van der Waals surface area contributed by atoms with Gasteiger partial charge in [-0.1, -0.05) is 73.5 Å². The van der Waals surface area contributed by atoms with E-state index in [-0.39, 0.29) is 0 Å². The monoisotopic (exact) mass is 520 g/mol. The molecule has 2 aromatic carbocycles. The van der Waals surface area contributed by atoms with Crippen LogP contribution in [0.2, 0.25) is 0 Å². The van der Waals surface area contributed by atoms with Crippen molar-refractivity contribution in [2.75, 3.05) is 66.5 Å². The van der Waals surface area contributed by atoms with Crippen molar-refractivity contribution in [3.63, 3.8) is 0 Å². The second-order valence-electron chi connectivity index (χ2n) is 12.1.